The van der Waals surface area contributed by atoms with Crippen molar-refractivity contribution < 1.29 is 0 Å². The van der Waals surface area contributed by atoms with Gasteiger partial charge in [-0.3, -0.25) is 0 Å². The van der Waals surface area contributed by atoms with Crippen LogP contribution in [0.25, 0.3) is 10.9 Å². The highest BCUT2D eigenvalue weighted by Gasteiger charge is 2.07. The summed E-state index contributed by atoms with van der Waals surface area (Å²) in [6, 6.07) is 5.85. The Morgan fingerprint density at radius 2 is 2.00 bits per heavy atom. The molecule has 0 aliphatic rings. The summed E-state index contributed by atoms with van der Waals surface area (Å²) in [6.45, 7) is 0. The molecule has 0 saturated carbocycles. The van der Waals surface area contributed by atoms with E-state index in [1.54, 1.807) is 0 Å². The van der Waals surface area contributed by atoms with E-state index in [4.69, 9.17) is 5.73 Å². The molecule has 2 N–H and O–H groups in total. The molecule has 0 atom stereocenters. The largest absolute Gasteiger partial charge is 0.368 e. The summed E-state index contributed by atoms with van der Waals surface area (Å²) in [5.74, 6) is 1.13. The molecule has 1 aromatic heterocycles. The zero-order valence-electron chi connectivity index (χ0n) is 8.53. The van der Waals surface area contributed by atoms with Crippen molar-refractivity contribution in [3.8, 4) is 0 Å². The summed E-state index contributed by atoms with van der Waals surface area (Å²) in [6.07, 6.45) is 0. The Bertz CT molecular complexity index is 510. The first-order chi connectivity index (χ1) is 7.08. The van der Waals surface area contributed by atoms with Crippen LogP contribution in [0, 0.1) is 0 Å². The van der Waals surface area contributed by atoms with E-state index in [0.717, 1.165) is 21.2 Å². The molecule has 0 bridgehead atoms. The lowest BCUT2D eigenvalue weighted by Crippen LogP contribution is -2.13. The molecule has 15 heavy (non-hydrogen) atoms. The first kappa shape index (κ1) is 10.2. The van der Waals surface area contributed by atoms with Gasteiger partial charge in [0.05, 0.1) is 5.52 Å². The molecule has 0 aliphatic carbocycles. The summed E-state index contributed by atoms with van der Waals surface area (Å²) in [5.41, 5.74) is 6.50. The molecule has 4 nitrogen and oxygen atoms in total. The Labute approximate surface area is 96.2 Å². The number of nitrogen functional groups attached to an aromatic ring is 1. The minimum atomic E-state index is 0.300. The van der Waals surface area contributed by atoms with E-state index in [9.17, 15) is 0 Å². The Morgan fingerprint density at radius 3 is 2.67 bits per heavy atom. The van der Waals surface area contributed by atoms with Gasteiger partial charge in [-0.2, -0.15) is 4.98 Å². The van der Waals surface area contributed by atoms with Crippen molar-refractivity contribution >= 4 is 38.6 Å². The minimum Gasteiger partial charge on any atom is -0.368 e. The Balaban J connectivity index is 2.81. The fourth-order valence-electron chi connectivity index (χ4n) is 1.44. The van der Waals surface area contributed by atoms with Crippen LogP contribution in [0.15, 0.2) is 22.7 Å². The van der Waals surface area contributed by atoms with Gasteiger partial charge in [-0.25, -0.2) is 4.98 Å². The van der Waals surface area contributed by atoms with Crippen LogP contribution in [-0.2, 0) is 0 Å². The van der Waals surface area contributed by atoms with Gasteiger partial charge in [0.25, 0.3) is 0 Å². The number of benzene rings is 1. The van der Waals surface area contributed by atoms with Gasteiger partial charge in [0.1, 0.15) is 5.82 Å². The zero-order chi connectivity index (χ0) is 11.0. The molecule has 5 heteroatoms. The third-order valence-corrected chi connectivity index (χ3v) is 2.57. The van der Waals surface area contributed by atoms with Crippen LogP contribution < -0.4 is 10.6 Å². The van der Waals surface area contributed by atoms with Crippen LogP contribution >= 0.6 is 15.9 Å². The number of hydrogen-bond donors (Lipinski definition) is 1. The van der Waals surface area contributed by atoms with Crippen LogP contribution in [0.3, 0.4) is 0 Å². The SMILES string of the molecule is CN(C)c1nc(N)nc2ccc(Br)cc12. The maximum Gasteiger partial charge on any atom is 0.222 e. The van der Waals surface area contributed by atoms with E-state index >= 15 is 0 Å². The monoisotopic (exact) mass is 266 g/mol. The number of fused-ring (bicyclic) bond motifs is 1. The Kier molecular flexibility index (Phi) is 2.48. The third-order valence-electron chi connectivity index (χ3n) is 2.08. The minimum absolute atomic E-state index is 0.300. The molecule has 0 amide bonds. The lowest BCUT2D eigenvalue weighted by molar-refractivity contribution is 1.07. The van der Waals surface area contributed by atoms with Crippen molar-refractivity contribution in [1.29, 1.82) is 0 Å². The van der Waals surface area contributed by atoms with Gasteiger partial charge in [0, 0.05) is 24.0 Å². The van der Waals surface area contributed by atoms with Crippen LogP contribution in [0.4, 0.5) is 11.8 Å². The van der Waals surface area contributed by atoms with Crippen molar-refractivity contribution in [2.45, 2.75) is 0 Å². The van der Waals surface area contributed by atoms with E-state index in [2.05, 4.69) is 25.9 Å². The second-order valence-electron chi connectivity index (χ2n) is 3.46. The first-order valence-corrected chi connectivity index (χ1v) is 5.27. The van der Waals surface area contributed by atoms with E-state index in [1.807, 2.05) is 37.2 Å². The number of halogens is 1. The van der Waals surface area contributed by atoms with E-state index < -0.39 is 0 Å². The van der Waals surface area contributed by atoms with E-state index in [0.29, 0.717) is 5.95 Å². The second-order valence-corrected chi connectivity index (χ2v) is 4.38. The summed E-state index contributed by atoms with van der Waals surface area (Å²) >= 11 is 3.43. The topological polar surface area (TPSA) is 55.0 Å². The van der Waals surface area contributed by atoms with Crippen LogP contribution in [0.5, 0.6) is 0 Å². The molecular formula is C10H11BrN4. The van der Waals surface area contributed by atoms with Crippen molar-refractivity contribution in [3.63, 3.8) is 0 Å². The molecule has 0 fully saturated rings. The molecule has 2 aromatic rings. The number of hydrogen-bond acceptors (Lipinski definition) is 4. The van der Waals surface area contributed by atoms with Gasteiger partial charge in [-0.15, -0.1) is 0 Å². The van der Waals surface area contributed by atoms with Gasteiger partial charge in [-0.1, -0.05) is 15.9 Å². The summed E-state index contributed by atoms with van der Waals surface area (Å²) < 4.78 is 1.01. The Hall–Kier alpha value is -1.36. The van der Waals surface area contributed by atoms with Crippen molar-refractivity contribution in [2.24, 2.45) is 0 Å². The molecule has 0 saturated heterocycles. The highest BCUT2D eigenvalue weighted by molar-refractivity contribution is 9.10. The molecule has 1 heterocycles. The molecule has 0 aliphatic heterocycles. The number of aromatic nitrogens is 2. The predicted octanol–water partition coefficient (Wildman–Crippen LogP) is 2.04. The number of nitrogens with zero attached hydrogens (tertiary/aromatic N) is 3. The molecule has 0 spiro atoms. The summed E-state index contributed by atoms with van der Waals surface area (Å²) in [7, 11) is 3.87. The van der Waals surface area contributed by atoms with Gasteiger partial charge in [0.15, 0.2) is 0 Å². The highest BCUT2D eigenvalue weighted by atomic mass is 79.9. The number of rotatable bonds is 1. The van der Waals surface area contributed by atoms with Gasteiger partial charge in [0.2, 0.25) is 5.95 Å². The number of anilines is 2. The van der Waals surface area contributed by atoms with Crippen LogP contribution in [0.2, 0.25) is 0 Å². The van der Waals surface area contributed by atoms with Crippen molar-refractivity contribution in [1.82, 2.24) is 9.97 Å². The number of nitrogens with two attached hydrogens (primary N) is 1. The Morgan fingerprint density at radius 1 is 1.27 bits per heavy atom. The summed E-state index contributed by atoms with van der Waals surface area (Å²) in [4.78, 5) is 10.3. The van der Waals surface area contributed by atoms with E-state index in [-0.39, 0.29) is 0 Å². The third kappa shape index (κ3) is 1.87. The molecule has 0 unspecified atom stereocenters. The molecule has 0 radical (unpaired) electrons. The lowest BCUT2D eigenvalue weighted by atomic mass is 10.2. The van der Waals surface area contributed by atoms with Crippen molar-refractivity contribution in [3.05, 3.63) is 22.7 Å². The molecule has 1 aromatic carbocycles. The van der Waals surface area contributed by atoms with Gasteiger partial charge in [-0.05, 0) is 18.2 Å². The average Bonchev–Trinajstić information content (AvgIpc) is 2.17. The average molecular weight is 267 g/mol. The molecular weight excluding hydrogens is 256 g/mol. The standard InChI is InChI=1S/C10H11BrN4/c1-15(2)9-7-5-6(11)3-4-8(7)13-10(12)14-9/h3-5H,1-2H3,(H2,12,13,14). The maximum absolute atomic E-state index is 5.64. The second kappa shape index (κ2) is 3.66. The zero-order valence-corrected chi connectivity index (χ0v) is 10.1. The van der Waals surface area contributed by atoms with Crippen molar-refractivity contribution in [2.75, 3.05) is 24.7 Å². The first-order valence-electron chi connectivity index (χ1n) is 4.48. The maximum atomic E-state index is 5.64. The molecule has 78 valence electrons. The lowest BCUT2D eigenvalue weighted by Gasteiger charge is -2.14. The highest BCUT2D eigenvalue weighted by Crippen LogP contribution is 2.26. The fraction of sp³-hybridized carbons (Fsp3) is 0.200. The fourth-order valence-corrected chi connectivity index (χ4v) is 1.80. The normalized spacial score (nSPS) is 10.6. The summed E-state index contributed by atoms with van der Waals surface area (Å²) in [5, 5.41) is 0.989. The smallest absolute Gasteiger partial charge is 0.222 e. The van der Waals surface area contributed by atoms with Gasteiger partial charge >= 0.3 is 0 Å². The predicted molar refractivity (Wildman–Crippen MR) is 66.0 cm³/mol. The van der Waals surface area contributed by atoms with Crippen LogP contribution in [-0.4, -0.2) is 24.1 Å². The van der Waals surface area contributed by atoms with Crippen LogP contribution in [0.1, 0.15) is 0 Å². The quantitative estimate of drug-likeness (QED) is 0.859. The molecule has 2 rings (SSSR count). The van der Waals surface area contributed by atoms with E-state index in [1.165, 1.54) is 0 Å². The van der Waals surface area contributed by atoms with Gasteiger partial charge < -0.3 is 10.6 Å².